The SMILES string of the molecule is CC(C)(C)C(CCN)CCC(=O)NCC1CC=CCC1. The summed E-state index contributed by atoms with van der Waals surface area (Å²) in [5.74, 6) is 1.35. The molecule has 1 amide bonds. The van der Waals surface area contributed by atoms with Crippen LogP contribution in [0.1, 0.15) is 59.3 Å². The summed E-state index contributed by atoms with van der Waals surface area (Å²) >= 11 is 0. The summed E-state index contributed by atoms with van der Waals surface area (Å²) in [6.45, 7) is 8.25. The smallest absolute Gasteiger partial charge is 0.220 e. The van der Waals surface area contributed by atoms with Crippen LogP contribution in [-0.4, -0.2) is 19.0 Å². The van der Waals surface area contributed by atoms with Crippen LogP contribution in [0.4, 0.5) is 0 Å². The lowest BCUT2D eigenvalue weighted by Crippen LogP contribution is -2.31. The molecule has 116 valence electrons. The van der Waals surface area contributed by atoms with E-state index < -0.39 is 0 Å². The van der Waals surface area contributed by atoms with Crippen molar-refractivity contribution in [1.82, 2.24) is 5.32 Å². The minimum atomic E-state index is 0.200. The van der Waals surface area contributed by atoms with Crippen molar-refractivity contribution < 1.29 is 4.79 Å². The first-order valence-electron chi connectivity index (χ1n) is 8.05. The van der Waals surface area contributed by atoms with Crippen LogP contribution in [0.25, 0.3) is 0 Å². The van der Waals surface area contributed by atoms with Gasteiger partial charge in [-0.05, 0) is 55.9 Å². The average molecular weight is 280 g/mol. The maximum absolute atomic E-state index is 12.0. The molecule has 0 radical (unpaired) electrons. The molecule has 0 heterocycles. The van der Waals surface area contributed by atoms with Gasteiger partial charge in [-0.1, -0.05) is 32.9 Å². The fourth-order valence-corrected chi connectivity index (χ4v) is 2.91. The number of carbonyl (C=O) groups is 1. The molecule has 0 aromatic heterocycles. The van der Waals surface area contributed by atoms with Gasteiger partial charge in [0.15, 0.2) is 0 Å². The maximum atomic E-state index is 12.0. The van der Waals surface area contributed by atoms with Crippen LogP contribution in [-0.2, 0) is 4.79 Å². The van der Waals surface area contributed by atoms with Crippen LogP contribution in [0.5, 0.6) is 0 Å². The summed E-state index contributed by atoms with van der Waals surface area (Å²) in [6.07, 6.45) is 10.5. The Balaban J connectivity index is 2.25. The average Bonchev–Trinajstić information content (AvgIpc) is 2.41. The second-order valence-electron chi connectivity index (χ2n) is 7.13. The van der Waals surface area contributed by atoms with Crippen molar-refractivity contribution in [3.63, 3.8) is 0 Å². The quantitative estimate of drug-likeness (QED) is 0.703. The van der Waals surface area contributed by atoms with Crippen molar-refractivity contribution in [2.75, 3.05) is 13.1 Å². The molecule has 0 saturated carbocycles. The third-order valence-electron chi connectivity index (χ3n) is 4.43. The van der Waals surface area contributed by atoms with Gasteiger partial charge in [-0.2, -0.15) is 0 Å². The van der Waals surface area contributed by atoms with E-state index >= 15 is 0 Å². The van der Waals surface area contributed by atoms with E-state index in [1.165, 1.54) is 6.42 Å². The van der Waals surface area contributed by atoms with E-state index in [4.69, 9.17) is 5.73 Å². The molecular formula is C17H32N2O. The summed E-state index contributed by atoms with van der Waals surface area (Å²) in [6, 6.07) is 0. The Hall–Kier alpha value is -0.830. The van der Waals surface area contributed by atoms with Gasteiger partial charge in [-0.15, -0.1) is 0 Å². The number of nitrogens with two attached hydrogens (primary N) is 1. The molecule has 0 saturated heterocycles. The van der Waals surface area contributed by atoms with E-state index in [-0.39, 0.29) is 11.3 Å². The number of allylic oxidation sites excluding steroid dienone is 2. The fourth-order valence-electron chi connectivity index (χ4n) is 2.91. The molecule has 0 bridgehead atoms. The van der Waals surface area contributed by atoms with Gasteiger partial charge in [-0.3, -0.25) is 4.79 Å². The van der Waals surface area contributed by atoms with Crippen LogP contribution in [0.3, 0.4) is 0 Å². The zero-order chi connectivity index (χ0) is 15.0. The van der Waals surface area contributed by atoms with Gasteiger partial charge in [0.1, 0.15) is 0 Å². The molecule has 2 atom stereocenters. The molecule has 0 spiro atoms. The predicted octanol–water partition coefficient (Wildman–Crippen LogP) is 3.25. The molecule has 1 aliphatic carbocycles. The molecule has 0 aromatic rings. The zero-order valence-corrected chi connectivity index (χ0v) is 13.5. The zero-order valence-electron chi connectivity index (χ0n) is 13.5. The highest BCUT2D eigenvalue weighted by atomic mass is 16.1. The lowest BCUT2D eigenvalue weighted by Gasteiger charge is -2.30. The van der Waals surface area contributed by atoms with Gasteiger partial charge in [-0.25, -0.2) is 0 Å². The van der Waals surface area contributed by atoms with Crippen LogP contribution < -0.4 is 11.1 Å². The number of hydrogen-bond donors (Lipinski definition) is 2. The molecule has 0 aliphatic heterocycles. The first-order valence-corrected chi connectivity index (χ1v) is 8.05. The van der Waals surface area contributed by atoms with E-state index in [9.17, 15) is 4.79 Å². The van der Waals surface area contributed by atoms with Crippen LogP contribution >= 0.6 is 0 Å². The van der Waals surface area contributed by atoms with Crippen LogP contribution in [0, 0.1) is 17.3 Å². The Kier molecular flexibility index (Phi) is 7.28. The van der Waals surface area contributed by atoms with Gasteiger partial charge in [0.25, 0.3) is 0 Å². The first kappa shape index (κ1) is 17.2. The van der Waals surface area contributed by atoms with Crippen molar-refractivity contribution >= 4 is 5.91 Å². The third kappa shape index (κ3) is 6.56. The second kappa shape index (κ2) is 8.46. The highest BCUT2D eigenvalue weighted by molar-refractivity contribution is 5.75. The summed E-state index contributed by atoms with van der Waals surface area (Å²) < 4.78 is 0. The predicted molar refractivity (Wildman–Crippen MR) is 85.3 cm³/mol. The Morgan fingerprint density at radius 3 is 2.65 bits per heavy atom. The molecular weight excluding hydrogens is 248 g/mol. The molecule has 3 heteroatoms. The van der Waals surface area contributed by atoms with E-state index in [0.717, 1.165) is 32.2 Å². The monoisotopic (exact) mass is 280 g/mol. The molecule has 20 heavy (non-hydrogen) atoms. The van der Waals surface area contributed by atoms with E-state index in [2.05, 4.69) is 38.2 Å². The van der Waals surface area contributed by atoms with Crippen molar-refractivity contribution in [2.24, 2.45) is 23.0 Å². The second-order valence-corrected chi connectivity index (χ2v) is 7.13. The minimum Gasteiger partial charge on any atom is -0.356 e. The number of carbonyl (C=O) groups excluding carboxylic acids is 1. The van der Waals surface area contributed by atoms with Crippen molar-refractivity contribution in [2.45, 2.75) is 59.3 Å². The normalized spacial score (nSPS) is 20.7. The Bertz CT molecular complexity index is 317. The number of amides is 1. The van der Waals surface area contributed by atoms with Gasteiger partial charge >= 0.3 is 0 Å². The van der Waals surface area contributed by atoms with Crippen LogP contribution in [0.15, 0.2) is 12.2 Å². The third-order valence-corrected chi connectivity index (χ3v) is 4.43. The Morgan fingerprint density at radius 1 is 1.35 bits per heavy atom. The van der Waals surface area contributed by atoms with Gasteiger partial charge in [0, 0.05) is 13.0 Å². The fraction of sp³-hybridized carbons (Fsp3) is 0.824. The lowest BCUT2D eigenvalue weighted by atomic mass is 9.76. The van der Waals surface area contributed by atoms with E-state index in [0.29, 0.717) is 24.8 Å². The first-order chi connectivity index (χ1) is 9.43. The largest absolute Gasteiger partial charge is 0.356 e. The van der Waals surface area contributed by atoms with Gasteiger partial charge in [0.2, 0.25) is 5.91 Å². The summed E-state index contributed by atoms with van der Waals surface area (Å²) in [5.41, 5.74) is 5.91. The van der Waals surface area contributed by atoms with E-state index in [1.54, 1.807) is 0 Å². The van der Waals surface area contributed by atoms with E-state index in [1.807, 2.05) is 0 Å². The lowest BCUT2D eigenvalue weighted by molar-refractivity contribution is -0.121. The van der Waals surface area contributed by atoms with Crippen molar-refractivity contribution in [3.05, 3.63) is 12.2 Å². The molecule has 1 aliphatic rings. The van der Waals surface area contributed by atoms with Crippen molar-refractivity contribution in [3.8, 4) is 0 Å². The summed E-state index contributed by atoms with van der Waals surface area (Å²) in [7, 11) is 0. The molecule has 0 aromatic carbocycles. The number of rotatable bonds is 7. The minimum absolute atomic E-state index is 0.200. The maximum Gasteiger partial charge on any atom is 0.220 e. The molecule has 3 nitrogen and oxygen atoms in total. The number of hydrogen-bond acceptors (Lipinski definition) is 2. The topological polar surface area (TPSA) is 55.1 Å². The van der Waals surface area contributed by atoms with Gasteiger partial charge in [0.05, 0.1) is 0 Å². The number of nitrogens with one attached hydrogen (secondary N) is 1. The highest BCUT2D eigenvalue weighted by Gasteiger charge is 2.24. The molecule has 0 fully saturated rings. The molecule has 2 unspecified atom stereocenters. The van der Waals surface area contributed by atoms with Crippen LogP contribution in [0.2, 0.25) is 0 Å². The molecule has 3 N–H and O–H groups in total. The summed E-state index contributed by atoms with van der Waals surface area (Å²) in [4.78, 5) is 12.0. The van der Waals surface area contributed by atoms with Gasteiger partial charge < -0.3 is 11.1 Å². The Morgan fingerprint density at radius 2 is 2.10 bits per heavy atom. The highest BCUT2D eigenvalue weighted by Crippen LogP contribution is 2.32. The molecule has 1 rings (SSSR count). The van der Waals surface area contributed by atoms with Crippen molar-refractivity contribution in [1.29, 1.82) is 0 Å². The summed E-state index contributed by atoms with van der Waals surface area (Å²) in [5, 5.41) is 3.10. The standard InChI is InChI=1S/C17H32N2O/c1-17(2,3)15(11-12-18)9-10-16(20)19-13-14-7-5-4-6-8-14/h4-5,14-15H,6-13,18H2,1-3H3,(H,19,20). The Labute approximate surface area is 124 Å².